The lowest BCUT2D eigenvalue weighted by Gasteiger charge is -2.19. The predicted octanol–water partition coefficient (Wildman–Crippen LogP) is 4.24. The van der Waals surface area contributed by atoms with Crippen LogP contribution in [-0.2, 0) is 5.92 Å². The van der Waals surface area contributed by atoms with Crippen LogP contribution in [0.3, 0.4) is 0 Å². The Morgan fingerprint density at radius 1 is 1.08 bits per heavy atom. The fraction of sp³-hybridized carbons (Fsp3) is 0.143. The maximum Gasteiger partial charge on any atom is 0.459 e. The Hall–Kier alpha value is -2.82. The molecule has 0 N–H and O–H groups in total. The second kappa shape index (κ2) is 5.34. The van der Waals surface area contributed by atoms with Gasteiger partial charge >= 0.3 is 12.1 Å². The SMILES string of the molecule is FC(F)(F)C(F)(F)c1cc(Cl)c2ccc3nc(-c4nnco4)cn3c2n1. The third-order valence-electron chi connectivity index (χ3n) is 3.61. The first kappa shape index (κ1) is 16.6. The fourth-order valence-electron chi connectivity index (χ4n) is 2.38. The molecule has 12 heteroatoms. The van der Waals surface area contributed by atoms with E-state index in [2.05, 4.69) is 20.2 Å². The van der Waals surface area contributed by atoms with Crippen molar-refractivity contribution in [2.45, 2.75) is 12.1 Å². The molecule has 26 heavy (non-hydrogen) atoms. The van der Waals surface area contributed by atoms with Gasteiger partial charge in [0.2, 0.25) is 6.39 Å². The third-order valence-corrected chi connectivity index (χ3v) is 3.92. The highest BCUT2D eigenvalue weighted by molar-refractivity contribution is 6.35. The van der Waals surface area contributed by atoms with E-state index in [1.54, 1.807) is 0 Å². The minimum absolute atomic E-state index is 0.0460. The van der Waals surface area contributed by atoms with Gasteiger partial charge in [0.1, 0.15) is 22.7 Å². The van der Waals surface area contributed by atoms with Crippen molar-refractivity contribution < 1.29 is 26.4 Å². The number of imidazole rings is 1. The summed E-state index contributed by atoms with van der Waals surface area (Å²) in [4.78, 5) is 7.65. The molecule has 0 amide bonds. The van der Waals surface area contributed by atoms with Gasteiger partial charge in [-0.15, -0.1) is 10.2 Å². The molecule has 4 aromatic heterocycles. The van der Waals surface area contributed by atoms with Crippen molar-refractivity contribution in [1.29, 1.82) is 0 Å². The Morgan fingerprint density at radius 3 is 2.50 bits per heavy atom. The summed E-state index contributed by atoms with van der Waals surface area (Å²) in [5, 5.41) is 7.03. The third kappa shape index (κ3) is 2.38. The average Bonchev–Trinajstić information content (AvgIpc) is 3.22. The molecular weight excluding hydrogens is 385 g/mol. The highest BCUT2D eigenvalue weighted by Gasteiger charge is 2.60. The molecule has 4 rings (SSSR count). The van der Waals surface area contributed by atoms with E-state index in [-0.39, 0.29) is 33.3 Å². The van der Waals surface area contributed by atoms with Gasteiger partial charge in [0.15, 0.2) is 0 Å². The Kier molecular flexibility index (Phi) is 3.41. The number of hydrogen-bond acceptors (Lipinski definition) is 5. The van der Waals surface area contributed by atoms with E-state index in [9.17, 15) is 22.0 Å². The molecule has 0 spiro atoms. The van der Waals surface area contributed by atoms with Crippen LogP contribution in [0.2, 0.25) is 5.02 Å². The van der Waals surface area contributed by atoms with Crippen molar-refractivity contribution in [2.24, 2.45) is 0 Å². The molecule has 0 unspecified atom stereocenters. The van der Waals surface area contributed by atoms with Gasteiger partial charge in [-0.05, 0) is 18.2 Å². The summed E-state index contributed by atoms with van der Waals surface area (Å²) in [7, 11) is 0. The summed E-state index contributed by atoms with van der Waals surface area (Å²) in [6.07, 6.45) is -3.42. The number of halogens is 6. The number of alkyl halides is 5. The van der Waals surface area contributed by atoms with Crippen LogP contribution in [0.15, 0.2) is 35.2 Å². The normalized spacial score (nSPS) is 13.0. The minimum atomic E-state index is -5.81. The molecule has 0 bridgehead atoms. The Balaban J connectivity index is 2.01. The Morgan fingerprint density at radius 2 is 1.85 bits per heavy atom. The Bertz CT molecular complexity index is 1120. The number of nitrogens with zero attached hydrogens (tertiary/aromatic N) is 5. The van der Waals surface area contributed by atoms with Crippen molar-refractivity contribution in [2.75, 3.05) is 0 Å². The van der Waals surface area contributed by atoms with Crippen molar-refractivity contribution in [3.05, 3.63) is 41.5 Å². The van der Waals surface area contributed by atoms with Crippen LogP contribution in [-0.4, -0.2) is 30.7 Å². The van der Waals surface area contributed by atoms with Gasteiger partial charge in [-0.3, -0.25) is 4.40 Å². The van der Waals surface area contributed by atoms with E-state index in [0.29, 0.717) is 6.07 Å². The van der Waals surface area contributed by atoms with Crippen LogP contribution >= 0.6 is 11.6 Å². The van der Waals surface area contributed by atoms with Crippen LogP contribution in [0, 0.1) is 0 Å². The Labute approximate surface area is 145 Å². The predicted molar refractivity (Wildman–Crippen MR) is 78.7 cm³/mol. The van der Waals surface area contributed by atoms with E-state index in [0.717, 1.165) is 6.39 Å². The maximum absolute atomic E-state index is 13.7. The van der Waals surface area contributed by atoms with Gasteiger partial charge in [-0.1, -0.05) is 11.6 Å². The molecule has 0 fully saturated rings. The van der Waals surface area contributed by atoms with Crippen LogP contribution in [0.25, 0.3) is 28.3 Å². The number of aromatic nitrogens is 5. The molecule has 4 aromatic rings. The lowest BCUT2D eigenvalue weighted by molar-refractivity contribution is -0.290. The smallest absolute Gasteiger partial charge is 0.422 e. The first-order valence-electron chi connectivity index (χ1n) is 6.88. The molecule has 0 aromatic carbocycles. The summed E-state index contributed by atoms with van der Waals surface area (Å²) >= 11 is 5.91. The van der Waals surface area contributed by atoms with E-state index in [4.69, 9.17) is 16.0 Å². The van der Waals surface area contributed by atoms with Gasteiger partial charge in [-0.2, -0.15) is 22.0 Å². The molecule has 0 aliphatic heterocycles. The molecule has 134 valence electrons. The number of pyridine rings is 2. The van der Waals surface area contributed by atoms with Crippen LogP contribution in [0.1, 0.15) is 5.69 Å². The monoisotopic (exact) mass is 389 g/mol. The number of fused-ring (bicyclic) bond motifs is 3. The molecule has 6 nitrogen and oxygen atoms in total. The number of rotatable bonds is 2. The van der Waals surface area contributed by atoms with Gasteiger partial charge in [0.25, 0.3) is 5.89 Å². The molecule has 0 saturated carbocycles. The summed E-state index contributed by atoms with van der Waals surface area (Å²) in [6, 6.07) is 3.41. The topological polar surface area (TPSA) is 69.1 Å². The zero-order valence-electron chi connectivity index (χ0n) is 12.3. The first-order chi connectivity index (χ1) is 12.2. The molecule has 0 aliphatic carbocycles. The lowest BCUT2D eigenvalue weighted by atomic mass is 10.1. The molecule has 0 radical (unpaired) electrons. The molecule has 0 saturated heterocycles. The van der Waals surface area contributed by atoms with Crippen LogP contribution in [0.4, 0.5) is 22.0 Å². The van der Waals surface area contributed by atoms with Crippen LogP contribution < -0.4 is 0 Å². The van der Waals surface area contributed by atoms with Crippen molar-refractivity contribution in [3.63, 3.8) is 0 Å². The minimum Gasteiger partial charge on any atom is -0.422 e. The highest BCUT2D eigenvalue weighted by Crippen LogP contribution is 2.44. The molecule has 0 aliphatic rings. The quantitative estimate of drug-likeness (QED) is 0.480. The highest BCUT2D eigenvalue weighted by atomic mass is 35.5. The van der Waals surface area contributed by atoms with Gasteiger partial charge in [0.05, 0.1) is 5.02 Å². The van der Waals surface area contributed by atoms with Crippen LogP contribution in [0.5, 0.6) is 0 Å². The zero-order valence-corrected chi connectivity index (χ0v) is 13.1. The summed E-state index contributed by atoms with van der Waals surface area (Å²) < 4.78 is 71.6. The van der Waals surface area contributed by atoms with Crippen molar-refractivity contribution in [3.8, 4) is 11.6 Å². The summed E-state index contributed by atoms with van der Waals surface area (Å²) in [5.74, 6) is -5.12. The fourth-order valence-corrected chi connectivity index (χ4v) is 2.63. The van der Waals surface area contributed by atoms with Gasteiger partial charge < -0.3 is 4.42 Å². The first-order valence-corrected chi connectivity index (χ1v) is 7.26. The van der Waals surface area contributed by atoms with E-state index >= 15 is 0 Å². The van der Waals surface area contributed by atoms with E-state index in [1.165, 1.54) is 22.7 Å². The van der Waals surface area contributed by atoms with Crippen molar-refractivity contribution >= 4 is 28.3 Å². The lowest BCUT2D eigenvalue weighted by Crippen LogP contribution is -2.34. The second-order valence-corrected chi connectivity index (χ2v) is 5.64. The molecule has 0 atom stereocenters. The number of hydrogen-bond donors (Lipinski definition) is 0. The molecule has 4 heterocycles. The summed E-state index contributed by atoms with van der Waals surface area (Å²) in [5.41, 5.74) is -1.31. The van der Waals surface area contributed by atoms with E-state index in [1.807, 2.05) is 0 Å². The maximum atomic E-state index is 13.7. The largest absolute Gasteiger partial charge is 0.459 e. The van der Waals surface area contributed by atoms with Gasteiger partial charge in [-0.25, -0.2) is 9.97 Å². The second-order valence-electron chi connectivity index (χ2n) is 5.23. The zero-order chi connectivity index (χ0) is 18.7. The average molecular weight is 390 g/mol. The van der Waals surface area contributed by atoms with Crippen molar-refractivity contribution in [1.82, 2.24) is 24.6 Å². The standard InChI is InChI=1S/C14H5ClF5N5O/c15-7-3-9(13(16,17)14(18,19)20)23-11-6(7)1-2-10-22-8(4-25(10)11)12-24-21-5-26-12/h1-5H. The van der Waals surface area contributed by atoms with Gasteiger partial charge in [0, 0.05) is 11.6 Å². The summed E-state index contributed by atoms with van der Waals surface area (Å²) in [6.45, 7) is 0. The molecular formula is C14H5ClF5N5O. The van der Waals surface area contributed by atoms with E-state index < -0.39 is 17.8 Å².